The number of halogens is 2. The monoisotopic (exact) mass is 382 g/mol. The normalized spacial score (nSPS) is 10.8. The van der Waals surface area contributed by atoms with Crippen LogP contribution in [0.4, 0.5) is 11.4 Å². The van der Waals surface area contributed by atoms with Gasteiger partial charge in [0.15, 0.2) is 0 Å². The number of nitrogens with one attached hydrogen (secondary N) is 1. The lowest BCUT2D eigenvalue weighted by molar-refractivity contribution is -0.117. The average Bonchev–Trinajstić information content (AvgIpc) is 2.57. The zero-order chi connectivity index (χ0) is 18.6. The van der Waals surface area contributed by atoms with Crippen LogP contribution < -0.4 is 15.8 Å². The van der Waals surface area contributed by atoms with Crippen LogP contribution in [0.25, 0.3) is 0 Å². The third kappa shape index (κ3) is 4.74. The van der Waals surface area contributed by atoms with Crippen LogP contribution in [0.5, 0.6) is 0 Å². The number of carbonyl (C=O) groups is 1. The van der Waals surface area contributed by atoms with E-state index in [1.165, 1.54) is 6.20 Å². The molecular weight excluding hydrogens is 363 g/mol. The Balaban J connectivity index is 2.06. The molecule has 0 atom stereocenters. The second-order valence-corrected chi connectivity index (χ2v) is 6.53. The Morgan fingerprint density at radius 2 is 1.92 bits per heavy atom. The van der Waals surface area contributed by atoms with Gasteiger partial charge in [0.2, 0.25) is 5.91 Å². The number of aromatic nitrogens is 2. The summed E-state index contributed by atoms with van der Waals surface area (Å²) >= 11 is 11.5. The highest BCUT2D eigenvalue weighted by atomic mass is 35.5. The molecule has 0 aliphatic rings. The highest BCUT2D eigenvalue weighted by Crippen LogP contribution is 2.20. The summed E-state index contributed by atoms with van der Waals surface area (Å²) in [6, 6.07) is 7.93. The molecule has 1 aromatic heterocycles. The van der Waals surface area contributed by atoms with Crippen molar-refractivity contribution in [2.24, 2.45) is 0 Å². The predicted molar refractivity (Wildman–Crippen MR) is 102 cm³/mol. The molecule has 0 saturated heterocycles. The molecule has 8 heteroatoms. The smallest absolute Gasteiger partial charge is 0.287 e. The Morgan fingerprint density at radius 1 is 1.28 bits per heavy atom. The van der Waals surface area contributed by atoms with E-state index >= 15 is 0 Å². The average molecular weight is 383 g/mol. The summed E-state index contributed by atoms with van der Waals surface area (Å²) in [5, 5.41) is 6.45. The molecule has 0 saturated carbocycles. The fourth-order valence-corrected chi connectivity index (χ4v) is 2.75. The third-order valence-corrected chi connectivity index (χ3v) is 4.43. The number of anilines is 2. The lowest BCUT2D eigenvalue weighted by atomic mass is 10.2. The first-order chi connectivity index (χ1) is 11.8. The Morgan fingerprint density at radius 3 is 2.48 bits per heavy atom. The van der Waals surface area contributed by atoms with E-state index in [0.29, 0.717) is 11.7 Å². The first-order valence-electron chi connectivity index (χ1n) is 7.91. The van der Waals surface area contributed by atoms with Crippen molar-refractivity contribution in [3.05, 3.63) is 50.9 Å². The van der Waals surface area contributed by atoms with Crippen LogP contribution >= 0.6 is 23.2 Å². The first kappa shape index (κ1) is 19.3. The van der Waals surface area contributed by atoms with Crippen molar-refractivity contribution in [2.45, 2.75) is 33.4 Å². The van der Waals surface area contributed by atoms with Gasteiger partial charge in [-0.1, -0.05) is 23.2 Å². The van der Waals surface area contributed by atoms with Gasteiger partial charge in [0.05, 0.1) is 11.2 Å². The molecule has 1 amide bonds. The highest BCUT2D eigenvalue weighted by Gasteiger charge is 2.12. The Hall–Kier alpha value is -2.05. The summed E-state index contributed by atoms with van der Waals surface area (Å²) in [5.74, 6) is -0.378. The van der Waals surface area contributed by atoms with Gasteiger partial charge < -0.3 is 10.2 Å². The SMILES string of the molecule is CCN(c1ccc(NC(=O)Cn2ncc(Cl)c(Cl)c2=O)cc1)C(C)C. The van der Waals surface area contributed by atoms with Crippen LogP contribution in [-0.2, 0) is 11.3 Å². The molecule has 1 heterocycles. The molecule has 134 valence electrons. The fraction of sp³-hybridized carbons (Fsp3) is 0.353. The second-order valence-electron chi connectivity index (χ2n) is 5.74. The number of rotatable bonds is 6. The number of amides is 1. The fourth-order valence-electron chi connectivity index (χ4n) is 2.48. The van der Waals surface area contributed by atoms with Crippen LogP contribution in [0.2, 0.25) is 10.0 Å². The molecule has 1 N–H and O–H groups in total. The maximum Gasteiger partial charge on any atom is 0.287 e. The topological polar surface area (TPSA) is 67.2 Å². The molecule has 6 nitrogen and oxygen atoms in total. The summed E-state index contributed by atoms with van der Waals surface area (Å²) in [6.07, 6.45) is 1.23. The van der Waals surface area contributed by atoms with Gasteiger partial charge in [0.1, 0.15) is 11.6 Å². The molecule has 2 aromatic rings. The van der Waals surface area contributed by atoms with E-state index in [1.54, 1.807) is 0 Å². The van der Waals surface area contributed by atoms with Gasteiger partial charge in [-0.2, -0.15) is 5.10 Å². The van der Waals surface area contributed by atoms with Crippen molar-refractivity contribution in [2.75, 3.05) is 16.8 Å². The summed E-state index contributed by atoms with van der Waals surface area (Å²) in [5.41, 5.74) is 1.12. The van der Waals surface area contributed by atoms with Crippen molar-refractivity contribution < 1.29 is 4.79 Å². The van der Waals surface area contributed by atoms with Gasteiger partial charge in [-0.3, -0.25) is 9.59 Å². The maximum absolute atomic E-state index is 12.1. The molecule has 1 aromatic carbocycles. The van der Waals surface area contributed by atoms with E-state index in [9.17, 15) is 9.59 Å². The van der Waals surface area contributed by atoms with Gasteiger partial charge in [-0.15, -0.1) is 0 Å². The van der Waals surface area contributed by atoms with Crippen LogP contribution in [-0.4, -0.2) is 28.3 Å². The highest BCUT2D eigenvalue weighted by molar-refractivity contribution is 6.41. The summed E-state index contributed by atoms with van der Waals surface area (Å²) in [4.78, 5) is 26.2. The molecule has 25 heavy (non-hydrogen) atoms. The van der Waals surface area contributed by atoms with Crippen molar-refractivity contribution in [3.63, 3.8) is 0 Å². The zero-order valence-corrected chi connectivity index (χ0v) is 15.8. The molecular formula is C17H20Cl2N4O2. The summed E-state index contributed by atoms with van der Waals surface area (Å²) in [7, 11) is 0. The van der Waals surface area contributed by atoms with Crippen LogP contribution in [0.3, 0.4) is 0 Å². The Labute approximate surface area is 156 Å². The van der Waals surface area contributed by atoms with Crippen LogP contribution in [0, 0.1) is 0 Å². The lowest BCUT2D eigenvalue weighted by Crippen LogP contribution is -2.30. The minimum absolute atomic E-state index is 0.0598. The number of benzene rings is 1. The van der Waals surface area contributed by atoms with E-state index in [-0.39, 0.29) is 22.5 Å². The first-order valence-corrected chi connectivity index (χ1v) is 8.66. The lowest BCUT2D eigenvalue weighted by Gasteiger charge is -2.27. The molecule has 0 aliphatic carbocycles. The standard InChI is InChI=1S/C17H20Cl2N4O2/c1-4-22(11(2)3)13-7-5-12(6-8-13)21-15(24)10-23-17(25)16(19)14(18)9-20-23/h5-9,11H,4,10H2,1-3H3,(H,21,24). The van der Waals surface area contributed by atoms with Crippen LogP contribution in [0.15, 0.2) is 35.3 Å². The van der Waals surface area contributed by atoms with Gasteiger partial charge in [0, 0.05) is 24.0 Å². The Bertz CT molecular complexity index is 803. The van der Waals surface area contributed by atoms with Gasteiger partial charge >= 0.3 is 0 Å². The maximum atomic E-state index is 12.1. The molecule has 0 radical (unpaired) electrons. The molecule has 0 unspecified atom stereocenters. The quantitative estimate of drug-likeness (QED) is 0.830. The molecule has 0 aliphatic heterocycles. The van der Waals surface area contributed by atoms with Crippen molar-refractivity contribution >= 4 is 40.5 Å². The second kappa shape index (κ2) is 8.36. The van der Waals surface area contributed by atoms with Gasteiger partial charge in [0.25, 0.3) is 5.56 Å². The van der Waals surface area contributed by atoms with Gasteiger partial charge in [-0.05, 0) is 45.0 Å². The van der Waals surface area contributed by atoms with E-state index in [0.717, 1.165) is 16.9 Å². The van der Waals surface area contributed by atoms with Crippen molar-refractivity contribution in [1.29, 1.82) is 0 Å². The number of hydrogen-bond donors (Lipinski definition) is 1. The number of carbonyl (C=O) groups excluding carboxylic acids is 1. The van der Waals surface area contributed by atoms with Crippen molar-refractivity contribution in [3.8, 4) is 0 Å². The van der Waals surface area contributed by atoms with E-state index < -0.39 is 5.56 Å². The molecule has 0 fully saturated rings. The third-order valence-electron chi connectivity index (χ3n) is 3.68. The minimum Gasteiger partial charge on any atom is -0.369 e. The van der Waals surface area contributed by atoms with Crippen LogP contribution in [0.1, 0.15) is 20.8 Å². The molecule has 0 bridgehead atoms. The van der Waals surface area contributed by atoms with Crippen molar-refractivity contribution in [1.82, 2.24) is 9.78 Å². The number of hydrogen-bond acceptors (Lipinski definition) is 4. The van der Waals surface area contributed by atoms with E-state index in [2.05, 4.69) is 36.1 Å². The predicted octanol–water partition coefficient (Wildman–Crippen LogP) is 3.42. The largest absolute Gasteiger partial charge is 0.369 e. The number of nitrogens with zero attached hydrogens (tertiary/aromatic N) is 3. The molecule has 2 rings (SSSR count). The summed E-state index contributed by atoms with van der Waals surface area (Å²) in [6.45, 7) is 7.00. The summed E-state index contributed by atoms with van der Waals surface area (Å²) < 4.78 is 0.968. The van der Waals surface area contributed by atoms with E-state index in [1.807, 2.05) is 24.3 Å². The molecule has 0 spiro atoms. The minimum atomic E-state index is -0.602. The Kier molecular flexibility index (Phi) is 6.45. The zero-order valence-electron chi connectivity index (χ0n) is 14.3. The van der Waals surface area contributed by atoms with Gasteiger partial charge in [-0.25, -0.2) is 4.68 Å². The van der Waals surface area contributed by atoms with E-state index in [4.69, 9.17) is 23.2 Å².